The van der Waals surface area contributed by atoms with E-state index < -0.39 is 0 Å². The van der Waals surface area contributed by atoms with E-state index in [1.165, 1.54) is 0 Å². The molecule has 1 heterocycles. The van der Waals surface area contributed by atoms with Gasteiger partial charge in [-0.25, -0.2) is 0 Å². The molecule has 1 N–H and O–H groups in total. The van der Waals surface area contributed by atoms with Crippen molar-refractivity contribution in [2.75, 3.05) is 20.3 Å². The predicted molar refractivity (Wildman–Crippen MR) is 77.6 cm³/mol. The largest absolute Gasteiger partial charge is 0.496 e. The number of hydrogen-bond acceptors (Lipinski definition) is 4. The van der Waals surface area contributed by atoms with Crippen LogP contribution in [0.15, 0.2) is 18.2 Å². The molecule has 0 bridgehead atoms. The second-order valence-corrected chi connectivity index (χ2v) is 5.14. The first-order valence-electron chi connectivity index (χ1n) is 7.17. The third-order valence-corrected chi connectivity index (χ3v) is 3.88. The molecular weight excluding hydrogens is 252 g/mol. The molecule has 0 aliphatic carbocycles. The lowest BCUT2D eigenvalue weighted by Crippen LogP contribution is -2.28. The zero-order valence-corrected chi connectivity index (χ0v) is 12.2. The lowest BCUT2D eigenvalue weighted by Gasteiger charge is -2.18. The van der Waals surface area contributed by atoms with Gasteiger partial charge in [-0.15, -0.1) is 0 Å². The molecular formula is C16H22N2O2. The molecule has 1 aromatic rings. The van der Waals surface area contributed by atoms with E-state index >= 15 is 0 Å². The lowest BCUT2D eigenvalue weighted by atomic mass is 9.99. The van der Waals surface area contributed by atoms with E-state index in [0.29, 0.717) is 24.1 Å². The van der Waals surface area contributed by atoms with E-state index in [4.69, 9.17) is 14.7 Å². The van der Waals surface area contributed by atoms with Crippen molar-refractivity contribution in [1.82, 2.24) is 5.32 Å². The van der Waals surface area contributed by atoms with Gasteiger partial charge >= 0.3 is 0 Å². The summed E-state index contributed by atoms with van der Waals surface area (Å²) in [5, 5.41) is 12.4. The van der Waals surface area contributed by atoms with E-state index in [2.05, 4.69) is 18.3 Å². The zero-order chi connectivity index (χ0) is 14.4. The number of nitriles is 1. The lowest BCUT2D eigenvalue weighted by molar-refractivity contribution is 0.0872. The minimum atomic E-state index is 0.384. The van der Waals surface area contributed by atoms with Crippen LogP contribution in [0.2, 0.25) is 0 Å². The van der Waals surface area contributed by atoms with Crippen LogP contribution in [0.25, 0.3) is 0 Å². The van der Waals surface area contributed by atoms with Crippen molar-refractivity contribution in [3.8, 4) is 11.8 Å². The minimum absolute atomic E-state index is 0.384. The zero-order valence-electron chi connectivity index (χ0n) is 12.2. The standard InChI is InChI=1S/C16H22N2O2/c1-3-15-13(6-7-20-15)10-18-11-14-8-12(9-17)4-5-16(14)19-2/h4-5,8,13,15,18H,3,6-7,10-11H2,1-2H3. The molecule has 4 heteroatoms. The molecule has 1 aromatic carbocycles. The molecule has 0 radical (unpaired) electrons. The third kappa shape index (κ3) is 3.50. The molecule has 0 saturated carbocycles. The Bertz CT molecular complexity index is 482. The molecule has 20 heavy (non-hydrogen) atoms. The van der Waals surface area contributed by atoms with E-state index in [9.17, 15) is 0 Å². The van der Waals surface area contributed by atoms with Gasteiger partial charge in [0.05, 0.1) is 24.8 Å². The van der Waals surface area contributed by atoms with Gasteiger partial charge in [0.15, 0.2) is 0 Å². The highest BCUT2D eigenvalue weighted by Gasteiger charge is 2.26. The topological polar surface area (TPSA) is 54.3 Å². The Morgan fingerprint density at radius 1 is 1.50 bits per heavy atom. The molecule has 2 rings (SSSR count). The van der Waals surface area contributed by atoms with Gasteiger partial charge in [-0.2, -0.15) is 5.26 Å². The first-order valence-corrected chi connectivity index (χ1v) is 7.17. The predicted octanol–water partition coefficient (Wildman–Crippen LogP) is 2.47. The SMILES string of the molecule is CCC1OCCC1CNCc1cc(C#N)ccc1OC. The fraction of sp³-hybridized carbons (Fsp3) is 0.562. The van der Waals surface area contributed by atoms with Crippen LogP contribution in [0.5, 0.6) is 5.75 Å². The van der Waals surface area contributed by atoms with E-state index in [1.807, 2.05) is 12.1 Å². The molecule has 0 aromatic heterocycles. The molecule has 0 spiro atoms. The van der Waals surface area contributed by atoms with Crippen LogP contribution in [-0.4, -0.2) is 26.4 Å². The van der Waals surface area contributed by atoms with Crippen LogP contribution in [0.1, 0.15) is 30.9 Å². The van der Waals surface area contributed by atoms with Gasteiger partial charge in [0.1, 0.15) is 5.75 Å². The van der Waals surface area contributed by atoms with Crippen LogP contribution < -0.4 is 10.1 Å². The van der Waals surface area contributed by atoms with Gasteiger partial charge in [0, 0.05) is 25.3 Å². The van der Waals surface area contributed by atoms with E-state index in [-0.39, 0.29) is 0 Å². The normalized spacial score (nSPS) is 21.6. The third-order valence-electron chi connectivity index (χ3n) is 3.88. The van der Waals surface area contributed by atoms with Gasteiger partial charge in [0.25, 0.3) is 0 Å². The minimum Gasteiger partial charge on any atom is -0.496 e. The van der Waals surface area contributed by atoms with E-state index in [1.54, 1.807) is 13.2 Å². The van der Waals surface area contributed by atoms with Gasteiger partial charge < -0.3 is 14.8 Å². The molecule has 2 atom stereocenters. The molecule has 4 nitrogen and oxygen atoms in total. The fourth-order valence-corrected chi connectivity index (χ4v) is 2.76. The van der Waals surface area contributed by atoms with Crippen LogP contribution in [0, 0.1) is 17.2 Å². The quantitative estimate of drug-likeness (QED) is 0.866. The summed E-state index contributed by atoms with van der Waals surface area (Å²) in [5.41, 5.74) is 1.69. The number of rotatable bonds is 6. The van der Waals surface area contributed by atoms with Crippen molar-refractivity contribution in [2.24, 2.45) is 5.92 Å². The molecule has 1 fully saturated rings. The Balaban J connectivity index is 1.92. The molecule has 1 saturated heterocycles. The van der Waals surface area contributed by atoms with Gasteiger partial charge in [0.2, 0.25) is 0 Å². The van der Waals surface area contributed by atoms with Crippen LogP contribution in [-0.2, 0) is 11.3 Å². The number of benzene rings is 1. The van der Waals surface area contributed by atoms with Crippen molar-refractivity contribution in [2.45, 2.75) is 32.4 Å². The monoisotopic (exact) mass is 274 g/mol. The molecule has 108 valence electrons. The maximum atomic E-state index is 8.96. The Hall–Kier alpha value is -1.57. The van der Waals surface area contributed by atoms with Gasteiger partial charge in [-0.3, -0.25) is 0 Å². The maximum absolute atomic E-state index is 8.96. The molecule has 0 amide bonds. The summed E-state index contributed by atoms with van der Waals surface area (Å²) in [6, 6.07) is 7.67. The van der Waals surface area contributed by atoms with Crippen LogP contribution >= 0.6 is 0 Å². The van der Waals surface area contributed by atoms with Crippen molar-refractivity contribution >= 4 is 0 Å². The average Bonchev–Trinajstić information content (AvgIpc) is 2.94. The summed E-state index contributed by atoms with van der Waals surface area (Å²) >= 11 is 0. The van der Waals surface area contributed by atoms with Crippen LogP contribution in [0.4, 0.5) is 0 Å². The average molecular weight is 274 g/mol. The number of nitrogens with zero attached hydrogens (tertiary/aromatic N) is 1. The smallest absolute Gasteiger partial charge is 0.123 e. The Morgan fingerprint density at radius 2 is 2.35 bits per heavy atom. The highest BCUT2D eigenvalue weighted by atomic mass is 16.5. The van der Waals surface area contributed by atoms with E-state index in [0.717, 1.165) is 37.3 Å². The highest BCUT2D eigenvalue weighted by molar-refractivity contribution is 5.41. The first-order chi connectivity index (χ1) is 9.78. The molecule has 1 aliphatic heterocycles. The van der Waals surface area contributed by atoms with Crippen LogP contribution in [0.3, 0.4) is 0 Å². The number of ether oxygens (including phenoxy) is 2. The first kappa shape index (κ1) is 14.8. The number of nitrogens with one attached hydrogen (secondary N) is 1. The van der Waals surface area contributed by atoms with Crippen molar-refractivity contribution < 1.29 is 9.47 Å². The Labute approximate surface area is 120 Å². The Kier molecular flexibility index (Phi) is 5.40. The fourth-order valence-electron chi connectivity index (χ4n) is 2.76. The summed E-state index contributed by atoms with van der Waals surface area (Å²) in [7, 11) is 1.66. The van der Waals surface area contributed by atoms with Crippen molar-refractivity contribution in [3.05, 3.63) is 29.3 Å². The van der Waals surface area contributed by atoms with Crippen molar-refractivity contribution in [1.29, 1.82) is 5.26 Å². The summed E-state index contributed by atoms with van der Waals surface area (Å²) in [6.07, 6.45) is 2.58. The summed E-state index contributed by atoms with van der Waals surface area (Å²) in [4.78, 5) is 0. The molecule has 2 unspecified atom stereocenters. The number of methoxy groups -OCH3 is 1. The van der Waals surface area contributed by atoms with Gasteiger partial charge in [-0.1, -0.05) is 6.92 Å². The summed E-state index contributed by atoms with van der Waals surface area (Å²) in [6.45, 7) is 4.70. The second kappa shape index (κ2) is 7.28. The number of hydrogen-bond donors (Lipinski definition) is 1. The summed E-state index contributed by atoms with van der Waals surface area (Å²) in [5.74, 6) is 1.41. The highest BCUT2D eigenvalue weighted by Crippen LogP contribution is 2.23. The summed E-state index contributed by atoms with van der Waals surface area (Å²) < 4.78 is 11.0. The molecule has 1 aliphatic rings. The Morgan fingerprint density at radius 3 is 3.05 bits per heavy atom. The van der Waals surface area contributed by atoms with Gasteiger partial charge in [-0.05, 0) is 37.0 Å². The van der Waals surface area contributed by atoms with Crippen molar-refractivity contribution in [3.63, 3.8) is 0 Å². The maximum Gasteiger partial charge on any atom is 0.123 e. The second-order valence-electron chi connectivity index (χ2n) is 5.14.